The van der Waals surface area contributed by atoms with Crippen LogP contribution in [0.25, 0.3) is 10.9 Å². The number of hydrogen-bond acceptors (Lipinski definition) is 8. The van der Waals surface area contributed by atoms with Crippen LogP contribution in [0.2, 0.25) is 5.02 Å². The summed E-state index contributed by atoms with van der Waals surface area (Å²) in [5.41, 5.74) is 2.12. The molecule has 0 bridgehead atoms. The monoisotopic (exact) mass is 467 g/mol. The first-order chi connectivity index (χ1) is 15.3. The van der Waals surface area contributed by atoms with Gasteiger partial charge in [0.1, 0.15) is 17.0 Å². The fourth-order valence-corrected chi connectivity index (χ4v) is 3.42. The number of halogens is 1. The molecule has 32 heavy (non-hydrogen) atoms. The molecule has 0 radical (unpaired) electrons. The highest BCUT2D eigenvalue weighted by Gasteiger charge is 2.12. The van der Waals surface area contributed by atoms with Crippen LogP contribution in [0.3, 0.4) is 0 Å². The molecule has 0 fully saturated rings. The highest BCUT2D eigenvalue weighted by molar-refractivity contribution is 7.85. The summed E-state index contributed by atoms with van der Waals surface area (Å²) in [4.78, 5) is 3.82. The zero-order valence-electron chi connectivity index (χ0n) is 16.2. The lowest BCUT2D eigenvalue weighted by Gasteiger charge is -2.02. The van der Waals surface area contributed by atoms with Crippen molar-refractivity contribution in [1.82, 2.24) is 4.98 Å². The fourth-order valence-electron chi connectivity index (χ4n) is 2.77. The maximum absolute atomic E-state index is 11.3. The van der Waals surface area contributed by atoms with E-state index in [0.717, 1.165) is 6.07 Å². The lowest BCUT2D eigenvalue weighted by atomic mass is 10.2. The number of nitrogens with zero attached hydrogens (tertiary/aromatic N) is 5. The largest absolute Gasteiger partial charge is 0.506 e. The molecule has 4 aromatic rings. The van der Waals surface area contributed by atoms with E-state index in [0.29, 0.717) is 28.0 Å². The minimum atomic E-state index is -4.38. The first kappa shape index (κ1) is 21.5. The standard InChI is InChI=1S/C21H14ClN5O4S/c22-17-8-7-15(32(29,30)31)12-19(17)27-25-14-5-3-13(4-6-14)24-26-18-9-10-20(28)21-16(18)2-1-11-23-21/h1-12,28H,(H,29,30,31). The maximum Gasteiger partial charge on any atom is 0.294 e. The molecule has 0 amide bonds. The van der Waals surface area contributed by atoms with Gasteiger partial charge in [0.25, 0.3) is 10.1 Å². The molecule has 0 saturated heterocycles. The molecule has 1 heterocycles. The Morgan fingerprint density at radius 2 is 1.47 bits per heavy atom. The van der Waals surface area contributed by atoms with E-state index in [1.54, 1.807) is 48.7 Å². The molecule has 160 valence electrons. The molecule has 0 aliphatic heterocycles. The summed E-state index contributed by atoms with van der Waals surface area (Å²) in [5.74, 6) is 0.0662. The van der Waals surface area contributed by atoms with Gasteiger partial charge in [-0.2, -0.15) is 18.6 Å². The third-order valence-corrected chi connectivity index (χ3v) is 5.51. The Morgan fingerprint density at radius 3 is 2.12 bits per heavy atom. The van der Waals surface area contributed by atoms with Gasteiger partial charge < -0.3 is 5.11 Å². The predicted molar refractivity (Wildman–Crippen MR) is 119 cm³/mol. The summed E-state index contributed by atoms with van der Waals surface area (Å²) in [5, 5.41) is 27.2. The second-order valence-corrected chi connectivity index (χ2v) is 8.34. The van der Waals surface area contributed by atoms with Crippen molar-refractivity contribution in [3.63, 3.8) is 0 Å². The minimum Gasteiger partial charge on any atom is -0.506 e. The maximum atomic E-state index is 11.3. The lowest BCUT2D eigenvalue weighted by Crippen LogP contribution is -1.97. The first-order valence-electron chi connectivity index (χ1n) is 9.08. The van der Waals surface area contributed by atoms with Crippen molar-refractivity contribution in [1.29, 1.82) is 0 Å². The average molecular weight is 468 g/mol. The highest BCUT2D eigenvalue weighted by atomic mass is 35.5. The molecule has 9 nitrogen and oxygen atoms in total. The van der Waals surface area contributed by atoms with Gasteiger partial charge in [0.2, 0.25) is 0 Å². The summed E-state index contributed by atoms with van der Waals surface area (Å²) < 4.78 is 31.7. The molecule has 4 rings (SSSR count). The summed E-state index contributed by atoms with van der Waals surface area (Å²) in [6, 6.07) is 17.0. The minimum absolute atomic E-state index is 0.0662. The van der Waals surface area contributed by atoms with Crippen LogP contribution in [-0.2, 0) is 10.1 Å². The molecule has 1 aromatic heterocycles. The molecule has 0 spiro atoms. The van der Waals surface area contributed by atoms with Gasteiger partial charge in [-0.3, -0.25) is 9.54 Å². The Morgan fingerprint density at radius 1 is 0.812 bits per heavy atom. The van der Waals surface area contributed by atoms with Crippen molar-refractivity contribution < 1.29 is 18.1 Å². The molecular weight excluding hydrogens is 454 g/mol. The van der Waals surface area contributed by atoms with Crippen LogP contribution in [0.15, 0.2) is 98.3 Å². The number of benzene rings is 3. The number of rotatable bonds is 5. The topological polar surface area (TPSA) is 137 Å². The van der Waals surface area contributed by atoms with Crippen molar-refractivity contribution >= 4 is 55.4 Å². The van der Waals surface area contributed by atoms with Gasteiger partial charge in [0, 0.05) is 11.6 Å². The lowest BCUT2D eigenvalue weighted by molar-refractivity contribution is 0.480. The third-order valence-electron chi connectivity index (χ3n) is 4.34. The quantitative estimate of drug-likeness (QED) is 0.249. The number of phenols is 1. The number of pyridine rings is 1. The van der Waals surface area contributed by atoms with E-state index < -0.39 is 10.1 Å². The van der Waals surface area contributed by atoms with Gasteiger partial charge in [0.15, 0.2) is 0 Å². The molecule has 0 aliphatic rings. The first-order valence-corrected chi connectivity index (χ1v) is 10.9. The van der Waals surface area contributed by atoms with Crippen molar-refractivity contribution in [2.24, 2.45) is 20.5 Å². The smallest absolute Gasteiger partial charge is 0.294 e. The second-order valence-electron chi connectivity index (χ2n) is 6.51. The number of fused-ring (bicyclic) bond motifs is 1. The number of aromatic hydroxyl groups is 1. The van der Waals surface area contributed by atoms with E-state index >= 15 is 0 Å². The van der Waals surface area contributed by atoms with Crippen LogP contribution in [0.1, 0.15) is 0 Å². The summed E-state index contributed by atoms with van der Waals surface area (Å²) in [6.45, 7) is 0. The van der Waals surface area contributed by atoms with E-state index in [4.69, 9.17) is 16.2 Å². The van der Waals surface area contributed by atoms with E-state index in [1.165, 1.54) is 18.2 Å². The van der Waals surface area contributed by atoms with E-state index in [2.05, 4.69) is 25.4 Å². The van der Waals surface area contributed by atoms with Crippen molar-refractivity contribution in [3.05, 3.63) is 77.9 Å². The molecular formula is C21H14ClN5O4S. The van der Waals surface area contributed by atoms with Gasteiger partial charge in [-0.25, -0.2) is 0 Å². The van der Waals surface area contributed by atoms with Crippen LogP contribution >= 0.6 is 11.6 Å². The summed E-state index contributed by atoms with van der Waals surface area (Å²) >= 11 is 6.01. The summed E-state index contributed by atoms with van der Waals surface area (Å²) in [7, 11) is -4.38. The van der Waals surface area contributed by atoms with Crippen LogP contribution in [0.4, 0.5) is 22.7 Å². The fraction of sp³-hybridized carbons (Fsp3) is 0. The highest BCUT2D eigenvalue weighted by Crippen LogP contribution is 2.33. The zero-order chi connectivity index (χ0) is 22.7. The molecule has 11 heteroatoms. The van der Waals surface area contributed by atoms with E-state index in [-0.39, 0.29) is 21.4 Å². The Kier molecular flexibility index (Phi) is 5.91. The number of aromatic nitrogens is 1. The van der Waals surface area contributed by atoms with Gasteiger partial charge >= 0.3 is 0 Å². The van der Waals surface area contributed by atoms with E-state index in [1.807, 2.05) is 0 Å². The normalized spacial score (nSPS) is 12.2. The van der Waals surface area contributed by atoms with E-state index in [9.17, 15) is 13.5 Å². The van der Waals surface area contributed by atoms with Crippen LogP contribution < -0.4 is 0 Å². The van der Waals surface area contributed by atoms with Crippen molar-refractivity contribution in [3.8, 4) is 5.75 Å². The van der Waals surface area contributed by atoms with Crippen molar-refractivity contribution in [2.75, 3.05) is 0 Å². The predicted octanol–water partition coefficient (Wildman–Crippen LogP) is 6.67. The molecule has 0 atom stereocenters. The van der Waals surface area contributed by atoms with Gasteiger partial charge in [0.05, 0.1) is 27.0 Å². The van der Waals surface area contributed by atoms with Crippen molar-refractivity contribution in [2.45, 2.75) is 4.90 Å². The SMILES string of the molecule is O=S(=O)(O)c1ccc(Cl)c(N=Nc2ccc(N=Nc3ccc(O)c4ncccc34)cc2)c1. The number of phenolic OH excluding ortho intramolecular Hbond substituents is 1. The Labute approximate surface area is 187 Å². The average Bonchev–Trinajstić information content (AvgIpc) is 2.78. The molecule has 2 N–H and O–H groups in total. The molecule has 3 aromatic carbocycles. The Balaban J connectivity index is 1.54. The molecule has 0 unspecified atom stereocenters. The third kappa shape index (κ3) is 4.78. The number of hydrogen-bond donors (Lipinski definition) is 2. The van der Waals surface area contributed by atoms with Crippen LogP contribution in [0.5, 0.6) is 5.75 Å². The summed E-state index contributed by atoms with van der Waals surface area (Å²) in [6.07, 6.45) is 1.59. The van der Waals surface area contributed by atoms with Crippen LogP contribution in [-0.4, -0.2) is 23.1 Å². The zero-order valence-corrected chi connectivity index (χ0v) is 17.7. The van der Waals surface area contributed by atoms with Gasteiger partial charge in [-0.05, 0) is 66.7 Å². The van der Waals surface area contributed by atoms with Gasteiger partial charge in [-0.1, -0.05) is 11.6 Å². The molecule has 0 aliphatic carbocycles. The van der Waals surface area contributed by atoms with Crippen LogP contribution in [0, 0.1) is 0 Å². The number of azo groups is 2. The second kappa shape index (κ2) is 8.79. The molecule has 0 saturated carbocycles. The van der Waals surface area contributed by atoms with Gasteiger partial charge in [-0.15, -0.1) is 10.2 Å². The Hall–Kier alpha value is -3.73. The Bertz CT molecular complexity index is 1470.